The summed E-state index contributed by atoms with van der Waals surface area (Å²) in [5.74, 6) is 2.12. The highest BCUT2D eigenvalue weighted by molar-refractivity contribution is 5.95. The van der Waals surface area contributed by atoms with E-state index < -0.39 is 0 Å². The second kappa shape index (κ2) is 8.60. The predicted octanol–water partition coefficient (Wildman–Crippen LogP) is 2.97. The Morgan fingerprint density at radius 3 is 2.59 bits per heavy atom. The van der Waals surface area contributed by atoms with Crippen LogP contribution in [0, 0.1) is 19.8 Å². The Balaban J connectivity index is 1.38. The topological polar surface area (TPSA) is 105 Å². The summed E-state index contributed by atoms with van der Waals surface area (Å²) < 4.78 is 4.69. The number of nitrogens with zero attached hydrogens (tertiary/aromatic N) is 6. The van der Waals surface area contributed by atoms with Crippen molar-refractivity contribution in [1.29, 1.82) is 0 Å². The second-order valence-corrected chi connectivity index (χ2v) is 9.41. The van der Waals surface area contributed by atoms with Crippen LogP contribution in [-0.2, 0) is 11.2 Å². The molecule has 2 amide bonds. The first-order chi connectivity index (χ1) is 15.5. The minimum atomic E-state index is -0.171. The number of carbonyl (C=O) groups is 2. The molecule has 170 valence electrons. The van der Waals surface area contributed by atoms with E-state index in [0.717, 1.165) is 35.9 Å². The van der Waals surface area contributed by atoms with E-state index in [0.29, 0.717) is 37.5 Å². The average molecular weight is 439 g/mol. The lowest BCUT2D eigenvalue weighted by atomic mass is 9.88. The molecule has 5 rings (SSSR count). The van der Waals surface area contributed by atoms with Gasteiger partial charge in [0.05, 0.1) is 0 Å². The van der Waals surface area contributed by atoms with Crippen LogP contribution < -0.4 is 4.90 Å². The SMILES string of the molecule is Cc1nonc1C(=O)N1CCC(c2nc(C)c3c(n2)N(CC2CCCCC2)C(=O)CC3)C1. The Kier molecular flexibility index (Phi) is 5.65. The minimum absolute atomic E-state index is 0.0386. The Hall–Kier alpha value is -2.84. The van der Waals surface area contributed by atoms with Crippen LogP contribution in [0.15, 0.2) is 4.63 Å². The summed E-state index contributed by atoms with van der Waals surface area (Å²) in [4.78, 5) is 39.1. The maximum absolute atomic E-state index is 12.9. The van der Waals surface area contributed by atoms with Crippen LogP contribution in [-0.4, -0.2) is 56.6 Å². The molecular formula is C23H30N6O3. The maximum atomic E-state index is 12.9. The summed E-state index contributed by atoms with van der Waals surface area (Å²) in [6.45, 7) is 5.63. The third-order valence-electron chi connectivity index (χ3n) is 7.22. The highest BCUT2D eigenvalue weighted by Crippen LogP contribution is 2.34. The highest BCUT2D eigenvalue weighted by Gasteiger charge is 2.35. The number of rotatable bonds is 4. The molecule has 0 N–H and O–H groups in total. The van der Waals surface area contributed by atoms with Gasteiger partial charge < -0.3 is 4.90 Å². The standard InChI is InChI=1S/C23H30N6O3/c1-14-18-8-9-19(30)29(12-16-6-4-3-5-7-16)22(18)25-21(24-14)17-10-11-28(13-17)23(31)20-15(2)26-32-27-20/h16-17H,3-13H2,1-2H3. The molecule has 1 saturated carbocycles. The van der Waals surface area contributed by atoms with Gasteiger partial charge >= 0.3 is 0 Å². The number of aromatic nitrogens is 4. The lowest BCUT2D eigenvalue weighted by Gasteiger charge is -2.33. The van der Waals surface area contributed by atoms with Crippen molar-refractivity contribution in [3.8, 4) is 0 Å². The lowest BCUT2D eigenvalue weighted by Crippen LogP contribution is -2.40. The first-order valence-electron chi connectivity index (χ1n) is 11.8. The Morgan fingerprint density at radius 2 is 1.84 bits per heavy atom. The fourth-order valence-corrected chi connectivity index (χ4v) is 5.33. The van der Waals surface area contributed by atoms with Gasteiger partial charge in [-0.1, -0.05) is 24.4 Å². The van der Waals surface area contributed by atoms with Gasteiger partial charge in [0, 0.05) is 43.2 Å². The van der Waals surface area contributed by atoms with E-state index in [2.05, 4.69) is 14.9 Å². The minimum Gasteiger partial charge on any atom is -0.336 e. The molecule has 0 bridgehead atoms. The van der Waals surface area contributed by atoms with Gasteiger partial charge in [0.1, 0.15) is 17.3 Å². The number of amides is 2. The Bertz CT molecular complexity index is 1030. The average Bonchev–Trinajstić information content (AvgIpc) is 3.45. The van der Waals surface area contributed by atoms with Gasteiger partial charge in [-0.3, -0.25) is 14.5 Å². The van der Waals surface area contributed by atoms with Gasteiger partial charge in [0.25, 0.3) is 5.91 Å². The Morgan fingerprint density at radius 1 is 1.03 bits per heavy atom. The number of fused-ring (bicyclic) bond motifs is 1. The van der Waals surface area contributed by atoms with Crippen molar-refractivity contribution in [2.75, 3.05) is 24.5 Å². The normalized spacial score (nSPS) is 21.8. The van der Waals surface area contributed by atoms with Crippen molar-refractivity contribution >= 4 is 17.6 Å². The third kappa shape index (κ3) is 3.89. The molecule has 0 spiro atoms. The molecule has 3 aliphatic rings. The van der Waals surface area contributed by atoms with Gasteiger partial charge in [-0.25, -0.2) is 14.6 Å². The van der Waals surface area contributed by atoms with Gasteiger partial charge in [-0.2, -0.15) is 0 Å². The molecule has 2 aliphatic heterocycles. The number of aryl methyl sites for hydroxylation is 2. The summed E-state index contributed by atoms with van der Waals surface area (Å²) in [5.41, 5.74) is 2.81. The summed E-state index contributed by atoms with van der Waals surface area (Å²) in [7, 11) is 0. The van der Waals surface area contributed by atoms with Crippen LogP contribution in [0.1, 0.15) is 84.1 Å². The summed E-state index contributed by atoms with van der Waals surface area (Å²) in [6, 6.07) is 0. The molecule has 1 saturated heterocycles. The molecule has 1 atom stereocenters. The van der Waals surface area contributed by atoms with E-state index >= 15 is 0 Å². The van der Waals surface area contributed by atoms with Gasteiger partial charge in [-0.15, -0.1) is 0 Å². The van der Waals surface area contributed by atoms with Gasteiger partial charge in [0.2, 0.25) is 5.91 Å². The molecule has 2 fully saturated rings. The van der Waals surface area contributed by atoms with Crippen molar-refractivity contribution in [3.63, 3.8) is 0 Å². The highest BCUT2D eigenvalue weighted by atomic mass is 16.6. The zero-order chi connectivity index (χ0) is 22.2. The van der Waals surface area contributed by atoms with Crippen molar-refractivity contribution in [3.05, 3.63) is 28.5 Å². The summed E-state index contributed by atoms with van der Waals surface area (Å²) in [6.07, 6.45) is 8.19. The lowest BCUT2D eigenvalue weighted by molar-refractivity contribution is -0.119. The molecule has 4 heterocycles. The molecule has 9 nitrogen and oxygen atoms in total. The largest absolute Gasteiger partial charge is 0.336 e. The second-order valence-electron chi connectivity index (χ2n) is 9.41. The first-order valence-corrected chi connectivity index (χ1v) is 11.8. The van der Waals surface area contributed by atoms with Gasteiger partial charge in [0.15, 0.2) is 5.69 Å². The van der Waals surface area contributed by atoms with Crippen LogP contribution in [0.25, 0.3) is 0 Å². The van der Waals surface area contributed by atoms with Crippen molar-refractivity contribution < 1.29 is 14.2 Å². The fourth-order valence-electron chi connectivity index (χ4n) is 5.33. The van der Waals surface area contributed by atoms with Crippen molar-refractivity contribution in [2.24, 2.45) is 5.92 Å². The molecule has 9 heteroatoms. The molecule has 0 aromatic carbocycles. The van der Waals surface area contributed by atoms with Crippen LogP contribution >= 0.6 is 0 Å². The molecular weight excluding hydrogens is 408 g/mol. The first kappa shape index (κ1) is 21.0. The molecule has 2 aromatic rings. The smallest absolute Gasteiger partial charge is 0.278 e. The zero-order valence-electron chi connectivity index (χ0n) is 18.8. The van der Waals surface area contributed by atoms with E-state index in [4.69, 9.17) is 9.97 Å². The fraction of sp³-hybridized carbons (Fsp3) is 0.652. The number of hydrogen-bond donors (Lipinski definition) is 0. The molecule has 1 unspecified atom stereocenters. The van der Waals surface area contributed by atoms with Crippen molar-refractivity contribution in [1.82, 2.24) is 25.2 Å². The quantitative estimate of drug-likeness (QED) is 0.722. The van der Waals surface area contributed by atoms with Crippen molar-refractivity contribution in [2.45, 2.75) is 71.1 Å². The predicted molar refractivity (Wildman–Crippen MR) is 116 cm³/mol. The number of likely N-dealkylation sites (tertiary alicyclic amines) is 1. The number of anilines is 1. The van der Waals surface area contributed by atoms with E-state index in [-0.39, 0.29) is 23.4 Å². The molecule has 2 aromatic heterocycles. The molecule has 1 aliphatic carbocycles. The van der Waals surface area contributed by atoms with Crippen LogP contribution in [0.2, 0.25) is 0 Å². The van der Waals surface area contributed by atoms with Gasteiger partial charge in [-0.05, 0) is 50.6 Å². The van der Waals surface area contributed by atoms with E-state index in [1.165, 1.54) is 32.1 Å². The summed E-state index contributed by atoms with van der Waals surface area (Å²) >= 11 is 0. The molecule has 0 radical (unpaired) electrons. The zero-order valence-corrected chi connectivity index (χ0v) is 18.8. The number of carbonyl (C=O) groups excluding carboxylic acids is 2. The van der Waals surface area contributed by atoms with Crippen LogP contribution in [0.4, 0.5) is 5.82 Å². The van der Waals surface area contributed by atoms with Crippen LogP contribution in [0.3, 0.4) is 0 Å². The third-order valence-corrected chi connectivity index (χ3v) is 7.22. The van der Waals surface area contributed by atoms with E-state index in [9.17, 15) is 9.59 Å². The number of hydrogen-bond acceptors (Lipinski definition) is 7. The van der Waals surface area contributed by atoms with E-state index in [1.807, 2.05) is 11.8 Å². The summed E-state index contributed by atoms with van der Waals surface area (Å²) in [5, 5.41) is 7.46. The monoisotopic (exact) mass is 438 g/mol. The van der Waals surface area contributed by atoms with E-state index in [1.54, 1.807) is 11.8 Å². The maximum Gasteiger partial charge on any atom is 0.278 e. The molecule has 32 heavy (non-hydrogen) atoms. The Labute approximate surface area is 187 Å². The van der Waals surface area contributed by atoms with Crippen LogP contribution in [0.5, 0.6) is 0 Å².